The summed E-state index contributed by atoms with van der Waals surface area (Å²) >= 11 is 6.34. The Balaban J connectivity index is 1.36. The first-order chi connectivity index (χ1) is 13.5. The van der Waals surface area contributed by atoms with Gasteiger partial charge in [-0.25, -0.2) is 4.39 Å². The zero-order valence-electron chi connectivity index (χ0n) is 15.3. The van der Waals surface area contributed by atoms with E-state index in [0.29, 0.717) is 11.6 Å². The number of nitrogens with zero attached hydrogens (tertiary/aromatic N) is 4. The van der Waals surface area contributed by atoms with Crippen LogP contribution in [0.1, 0.15) is 12.8 Å². The molecule has 3 atom stereocenters. The summed E-state index contributed by atoms with van der Waals surface area (Å²) in [5, 5.41) is 14.2. The van der Waals surface area contributed by atoms with Crippen LogP contribution in [0.25, 0.3) is 10.9 Å². The molecule has 8 heteroatoms. The van der Waals surface area contributed by atoms with Crippen LogP contribution >= 0.6 is 11.6 Å². The molecule has 1 aromatic heterocycles. The van der Waals surface area contributed by atoms with Gasteiger partial charge < -0.3 is 10.2 Å². The lowest BCUT2D eigenvalue weighted by atomic mass is 10.1. The molecule has 2 saturated heterocycles. The van der Waals surface area contributed by atoms with Crippen LogP contribution in [0.15, 0.2) is 30.5 Å². The van der Waals surface area contributed by atoms with Crippen LogP contribution < -0.4 is 5.32 Å². The molecule has 2 aliphatic heterocycles. The molecular weight excluding hydrogens is 381 g/mol. The number of hydrogen-bond acceptors (Lipinski definition) is 5. The third-order valence-electron chi connectivity index (χ3n) is 5.38. The zero-order chi connectivity index (χ0) is 19.7. The highest BCUT2D eigenvalue weighted by atomic mass is 35.5. The van der Waals surface area contributed by atoms with Crippen molar-refractivity contribution in [3.05, 3.63) is 35.5 Å². The molecule has 0 aliphatic carbocycles. The number of carbonyl (C=O) groups is 1. The maximum absolute atomic E-state index is 13.5. The van der Waals surface area contributed by atoms with Crippen LogP contribution in [-0.4, -0.2) is 65.1 Å². The molecule has 146 valence electrons. The van der Waals surface area contributed by atoms with E-state index in [1.807, 2.05) is 35.2 Å². The summed E-state index contributed by atoms with van der Waals surface area (Å²) in [6, 6.07) is 9.31. The van der Waals surface area contributed by atoms with Gasteiger partial charge in [-0.05, 0) is 24.6 Å². The molecule has 4 rings (SSSR count). The predicted molar refractivity (Wildman–Crippen MR) is 106 cm³/mol. The number of rotatable bonds is 4. The van der Waals surface area contributed by atoms with Crippen molar-refractivity contribution in [3.63, 3.8) is 0 Å². The van der Waals surface area contributed by atoms with Crippen LogP contribution in [0.3, 0.4) is 0 Å². The van der Waals surface area contributed by atoms with Gasteiger partial charge in [0.05, 0.1) is 29.7 Å². The SMILES string of the molecule is N#C[C@@H]1C[C@H](F)CN1C(=O)CN1CC[C@H](Nc2cc(Cl)c3ncccc3c2)C1. The summed E-state index contributed by atoms with van der Waals surface area (Å²) in [5.74, 6) is -0.174. The number of alkyl halides is 1. The Bertz CT molecular complexity index is 932. The van der Waals surface area contributed by atoms with E-state index in [9.17, 15) is 9.18 Å². The van der Waals surface area contributed by atoms with Crippen LogP contribution in [-0.2, 0) is 4.79 Å². The standard InChI is InChI=1S/C20H21ClFN5O/c21-18-8-16(6-13-2-1-4-24-20(13)18)25-15-3-5-26(11-15)12-19(28)27-10-14(22)7-17(27)9-23/h1-2,4,6,8,14-15,17,25H,3,5,7,10-12H2/t14-,15-,17-/m0/s1. The molecular formula is C20H21ClFN5O. The molecule has 1 aromatic carbocycles. The van der Waals surface area contributed by atoms with Gasteiger partial charge in [0.1, 0.15) is 12.2 Å². The van der Waals surface area contributed by atoms with Crippen LogP contribution in [0.2, 0.25) is 5.02 Å². The van der Waals surface area contributed by atoms with Crippen LogP contribution in [0, 0.1) is 11.3 Å². The second kappa shape index (κ2) is 7.90. The maximum Gasteiger partial charge on any atom is 0.237 e. The molecule has 2 aliphatic rings. The van der Waals surface area contributed by atoms with E-state index in [1.165, 1.54) is 4.90 Å². The fourth-order valence-corrected chi connectivity index (χ4v) is 4.30. The van der Waals surface area contributed by atoms with Gasteiger partial charge in [-0.3, -0.25) is 14.7 Å². The molecule has 1 amide bonds. The van der Waals surface area contributed by atoms with Gasteiger partial charge in [0.15, 0.2) is 0 Å². The van der Waals surface area contributed by atoms with Crippen LogP contribution in [0.4, 0.5) is 10.1 Å². The quantitative estimate of drug-likeness (QED) is 0.852. The van der Waals surface area contributed by atoms with Gasteiger partial charge in [0.25, 0.3) is 0 Å². The first kappa shape index (κ1) is 18.9. The topological polar surface area (TPSA) is 72.3 Å². The second-order valence-electron chi connectivity index (χ2n) is 7.42. The Hall–Kier alpha value is -2.43. The Morgan fingerprint density at radius 2 is 2.29 bits per heavy atom. The third-order valence-corrected chi connectivity index (χ3v) is 5.67. The molecule has 0 radical (unpaired) electrons. The second-order valence-corrected chi connectivity index (χ2v) is 7.83. The monoisotopic (exact) mass is 401 g/mol. The van der Waals surface area contributed by atoms with Gasteiger partial charge >= 0.3 is 0 Å². The van der Waals surface area contributed by atoms with Crippen molar-refractivity contribution >= 4 is 34.1 Å². The molecule has 3 heterocycles. The molecule has 2 fully saturated rings. The summed E-state index contributed by atoms with van der Waals surface area (Å²) in [6.45, 7) is 1.72. The fraction of sp³-hybridized carbons (Fsp3) is 0.450. The first-order valence-electron chi connectivity index (χ1n) is 9.40. The molecule has 0 saturated carbocycles. The Morgan fingerprint density at radius 3 is 3.11 bits per heavy atom. The summed E-state index contributed by atoms with van der Waals surface area (Å²) in [5.41, 5.74) is 1.70. The Morgan fingerprint density at radius 1 is 1.43 bits per heavy atom. The highest BCUT2D eigenvalue weighted by Crippen LogP contribution is 2.27. The number of anilines is 1. The van der Waals surface area contributed by atoms with Crippen molar-refractivity contribution in [2.45, 2.75) is 31.1 Å². The van der Waals surface area contributed by atoms with Gasteiger partial charge in [0, 0.05) is 42.8 Å². The van der Waals surface area contributed by atoms with E-state index in [4.69, 9.17) is 16.9 Å². The fourth-order valence-electron chi connectivity index (χ4n) is 4.03. The summed E-state index contributed by atoms with van der Waals surface area (Å²) in [7, 11) is 0. The molecule has 0 bridgehead atoms. The molecule has 2 aromatic rings. The largest absolute Gasteiger partial charge is 0.381 e. The summed E-state index contributed by atoms with van der Waals surface area (Å²) < 4.78 is 13.5. The molecule has 0 unspecified atom stereocenters. The first-order valence-corrected chi connectivity index (χ1v) is 9.77. The van der Waals surface area contributed by atoms with Crippen molar-refractivity contribution in [3.8, 4) is 6.07 Å². The number of hydrogen-bond donors (Lipinski definition) is 1. The van der Waals surface area contributed by atoms with E-state index in [1.54, 1.807) is 6.20 Å². The molecule has 28 heavy (non-hydrogen) atoms. The van der Waals surface area contributed by atoms with Gasteiger partial charge in [-0.1, -0.05) is 17.7 Å². The van der Waals surface area contributed by atoms with Crippen molar-refractivity contribution in [1.82, 2.24) is 14.8 Å². The minimum absolute atomic E-state index is 0.0240. The van der Waals surface area contributed by atoms with E-state index in [0.717, 1.165) is 29.6 Å². The number of fused-ring (bicyclic) bond motifs is 1. The van der Waals surface area contributed by atoms with E-state index < -0.39 is 12.2 Å². The lowest BCUT2D eigenvalue weighted by Gasteiger charge is -2.23. The van der Waals surface area contributed by atoms with Crippen molar-refractivity contribution in [2.75, 3.05) is 31.5 Å². The van der Waals surface area contributed by atoms with Crippen molar-refractivity contribution in [2.24, 2.45) is 0 Å². The van der Waals surface area contributed by atoms with Crippen molar-refractivity contribution < 1.29 is 9.18 Å². The highest BCUT2D eigenvalue weighted by molar-refractivity contribution is 6.35. The number of likely N-dealkylation sites (tertiary alicyclic amines) is 2. The number of pyridine rings is 1. The Kier molecular flexibility index (Phi) is 5.33. The van der Waals surface area contributed by atoms with E-state index in [-0.39, 0.29) is 31.5 Å². The molecule has 1 N–H and O–H groups in total. The number of carbonyl (C=O) groups excluding carboxylic acids is 1. The number of benzene rings is 1. The van der Waals surface area contributed by atoms with Gasteiger partial charge in [-0.15, -0.1) is 0 Å². The van der Waals surface area contributed by atoms with E-state index >= 15 is 0 Å². The van der Waals surface area contributed by atoms with Gasteiger partial charge in [0.2, 0.25) is 5.91 Å². The average molecular weight is 402 g/mol. The average Bonchev–Trinajstić information content (AvgIpc) is 3.27. The number of aromatic nitrogens is 1. The maximum atomic E-state index is 13.5. The van der Waals surface area contributed by atoms with Crippen molar-refractivity contribution in [1.29, 1.82) is 5.26 Å². The summed E-state index contributed by atoms with van der Waals surface area (Å²) in [6.07, 6.45) is 1.62. The summed E-state index contributed by atoms with van der Waals surface area (Å²) in [4.78, 5) is 20.2. The smallest absolute Gasteiger partial charge is 0.237 e. The lowest BCUT2D eigenvalue weighted by Crippen LogP contribution is -2.42. The third kappa shape index (κ3) is 3.89. The zero-order valence-corrected chi connectivity index (χ0v) is 16.1. The number of halogens is 2. The van der Waals surface area contributed by atoms with Crippen LogP contribution in [0.5, 0.6) is 0 Å². The number of nitriles is 1. The predicted octanol–water partition coefficient (Wildman–Crippen LogP) is 2.84. The minimum Gasteiger partial charge on any atom is -0.381 e. The molecule has 6 nitrogen and oxygen atoms in total. The molecule has 0 spiro atoms. The number of nitrogens with one attached hydrogen (secondary N) is 1. The Labute approximate surface area is 167 Å². The highest BCUT2D eigenvalue weighted by Gasteiger charge is 2.36. The normalized spacial score (nSPS) is 25.2. The van der Waals surface area contributed by atoms with Gasteiger partial charge in [-0.2, -0.15) is 5.26 Å². The number of amides is 1. The minimum atomic E-state index is -1.10. The lowest BCUT2D eigenvalue weighted by molar-refractivity contribution is -0.132. The van der Waals surface area contributed by atoms with E-state index in [2.05, 4.69) is 10.3 Å².